The van der Waals surface area contributed by atoms with E-state index in [9.17, 15) is 0 Å². The second-order valence-corrected chi connectivity index (χ2v) is 7.35. The van der Waals surface area contributed by atoms with Crippen molar-refractivity contribution in [3.63, 3.8) is 0 Å². The smallest absolute Gasteiger partial charge is 0.0722 e. The van der Waals surface area contributed by atoms with Crippen molar-refractivity contribution >= 4 is 0 Å². The summed E-state index contributed by atoms with van der Waals surface area (Å²) in [5.41, 5.74) is 7.38. The molecule has 0 aliphatic heterocycles. The minimum atomic E-state index is -0.140. The molecule has 1 aliphatic rings. The van der Waals surface area contributed by atoms with Crippen molar-refractivity contribution in [2.24, 2.45) is 5.73 Å². The van der Waals surface area contributed by atoms with Crippen molar-refractivity contribution in [2.75, 3.05) is 6.61 Å². The third-order valence-electron chi connectivity index (χ3n) is 4.54. The van der Waals surface area contributed by atoms with Crippen LogP contribution < -0.4 is 5.73 Å². The lowest BCUT2D eigenvalue weighted by atomic mass is 9.87. The summed E-state index contributed by atoms with van der Waals surface area (Å²) in [6.45, 7) is 4.93. The van der Waals surface area contributed by atoms with Crippen LogP contribution in [-0.2, 0) is 11.2 Å². The molecule has 21 heavy (non-hydrogen) atoms. The summed E-state index contributed by atoms with van der Waals surface area (Å²) < 4.78 is 6.45. The van der Waals surface area contributed by atoms with Crippen molar-refractivity contribution in [1.82, 2.24) is 0 Å². The molecule has 0 bridgehead atoms. The lowest BCUT2D eigenvalue weighted by molar-refractivity contribution is -0.0607. The monoisotopic (exact) mass is 289 g/mol. The number of nitrogens with two attached hydrogens (primary N) is 1. The molecule has 1 aromatic rings. The van der Waals surface area contributed by atoms with Crippen molar-refractivity contribution in [1.29, 1.82) is 0 Å². The molecule has 1 saturated carbocycles. The molecule has 0 heterocycles. The highest BCUT2D eigenvalue weighted by Gasteiger charge is 2.32. The van der Waals surface area contributed by atoms with Gasteiger partial charge in [0, 0.05) is 18.6 Å². The maximum atomic E-state index is 6.45. The number of hydrogen-bond donors (Lipinski definition) is 1. The van der Waals surface area contributed by atoms with Crippen LogP contribution in [0.1, 0.15) is 64.4 Å². The molecule has 1 fully saturated rings. The number of ether oxygens (including phenoxy) is 1. The Labute approximate surface area is 130 Å². The number of rotatable bonds is 6. The van der Waals surface area contributed by atoms with Crippen molar-refractivity contribution in [3.05, 3.63) is 35.9 Å². The average molecular weight is 289 g/mol. The molecule has 0 atom stereocenters. The molecule has 0 unspecified atom stereocenters. The molecule has 0 saturated heterocycles. The summed E-state index contributed by atoms with van der Waals surface area (Å²) in [6.07, 6.45) is 9.62. The van der Waals surface area contributed by atoms with Crippen LogP contribution in [0.4, 0.5) is 0 Å². The van der Waals surface area contributed by atoms with Crippen molar-refractivity contribution in [3.8, 4) is 0 Å². The summed E-state index contributed by atoms with van der Waals surface area (Å²) in [5.74, 6) is 0. The van der Waals surface area contributed by atoms with E-state index in [0.29, 0.717) is 0 Å². The summed E-state index contributed by atoms with van der Waals surface area (Å²) >= 11 is 0. The average Bonchev–Trinajstić information content (AvgIpc) is 2.64. The van der Waals surface area contributed by atoms with Crippen molar-refractivity contribution < 1.29 is 4.74 Å². The van der Waals surface area contributed by atoms with Crippen LogP contribution in [0, 0.1) is 0 Å². The molecule has 0 aromatic heterocycles. The van der Waals surface area contributed by atoms with Crippen LogP contribution in [0.15, 0.2) is 30.3 Å². The largest absolute Gasteiger partial charge is 0.375 e. The minimum Gasteiger partial charge on any atom is -0.375 e. The summed E-state index contributed by atoms with van der Waals surface area (Å²) in [7, 11) is 0. The molecule has 2 rings (SSSR count). The minimum absolute atomic E-state index is 0.0309. The first kappa shape index (κ1) is 16.5. The van der Waals surface area contributed by atoms with Gasteiger partial charge in [0.15, 0.2) is 0 Å². The van der Waals surface area contributed by atoms with Gasteiger partial charge in [-0.3, -0.25) is 0 Å². The van der Waals surface area contributed by atoms with Gasteiger partial charge in [0.05, 0.1) is 5.60 Å². The Hall–Kier alpha value is -0.860. The van der Waals surface area contributed by atoms with Crippen LogP contribution in [0.3, 0.4) is 0 Å². The molecule has 2 N–H and O–H groups in total. The van der Waals surface area contributed by atoms with Crippen LogP contribution >= 0.6 is 0 Å². The highest BCUT2D eigenvalue weighted by Crippen LogP contribution is 2.34. The molecule has 1 aliphatic carbocycles. The van der Waals surface area contributed by atoms with Gasteiger partial charge in [0.1, 0.15) is 0 Å². The van der Waals surface area contributed by atoms with Crippen LogP contribution in [0.25, 0.3) is 0 Å². The van der Waals surface area contributed by atoms with E-state index in [0.717, 1.165) is 19.4 Å². The van der Waals surface area contributed by atoms with Gasteiger partial charge in [-0.2, -0.15) is 0 Å². The Morgan fingerprint density at radius 3 is 2.24 bits per heavy atom. The Balaban J connectivity index is 2.02. The van der Waals surface area contributed by atoms with Gasteiger partial charge in [0.2, 0.25) is 0 Å². The van der Waals surface area contributed by atoms with Crippen LogP contribution in [0.5, 0.6) is 0 Å². The first-order chi connectivity index (χ1) is 9.99. The van der Waals surface area contributed by atoms with Gasteiger partial charge in [-0.25, -0.2) is 0 Å². The number of benzene rings is 1. The third kappa shape index (κ3) is 5.80. The van der Waals surface area contributed by atoms with E-state index in [2.05, 4.69) is 44.2 Å². The predicted molar refractivity (Wildman–Crippen MR) is 89.4 cm³/mol. The molecular formula is C19H31NO. The maximum absolute atomic E-state index is 6.45. The van der Waals surface area contributed by atoms with E-state index in [1.807, 2.05) is 0 Å². The normalized spacial score (nSPS) is 19.2. The fourth-order valence-electron chi connectivity index (χ4n) is 3.24. The van der Waals surface area contributed by atoms with E-state index in [4.69, 9.17) is 10.5 Å². The zero-order valence-electron chi connectivity index (χ0n) is 13.7. The Kier molecular flexibility index (Phi) is 5.83. The van der Waals surface area contributed by atoms with Crippen molar-refractivity contribution in [2.45, 2.75) is 76.4 Å². The highest BCUT2D eigenvalue weighted by molar-refractivity contribution is 5.17. The molecule has 1 aromatic carbocycles. The Morgan fingerprint density at radius 2 is 1.67 bits per heavy atom. The Morgan fingerprint density at radius 1 is 1.05 bits per heavy atom. The second kappa shape index (κ2) is 7.42. The molecule has 0 spiro atoms. The third-order valence-corrected chi connectivity index (χ3v) is 4.54. The molecule has 0 amide bonds. The van der Waals surface area contributed by atoms with E-state index in [1.54, 1.807) is 0 Å². The lowest BCUT2D eigenvalue weighted by Gasteiger charge is -2.34. The topological polar surface area (TPSA) is 35.2 Å². The van der Waals surface area contributed by atoms with E-state index in [-0.39, 0.29) is 11.1 Å². The SMILES string of the molecule is CC(C)(N)CCOC1(Cc2ccccc2)CCCCCC1. The van der Waals surface area contributed by atoms with Crippen LogP contribution in [0.2, 0.25) is 0 Å². The zero-order valence-corrected chi connectivity index (χ0v) is 13.7. The molecular weight excluding hydrogens is 258 g/mol. The fraction of sp³-hybridized carbons (Fsp3) is 0.684. The summed E-state index contributed by atoms with van der Waals surface area (Å²) in [4.78, 5) is 0. The van der Waals surface area contributed by atoms with Crippen LogP contribution in [-0.4, -0.2) is 17.7 Å². The summed E-state index contributed by atoms with van der Waals surface area (Å²) in [5, 5.41) is 0. The molecule has 118 valence electrons. The predicted octanol–water partition coefficient (Wildman–Crippen LogP) is 4.47. The van der Waals surface area contributed by atoms with Gasteiger partial charge >= 0.3 is 0 Å². The second-order valence-electron chi connectivity index (χ2n) is 7.35. The molecule has 0 radical (unpaired) electrons. The molecule has 2 nitrogen and oxygen atoms in total. The standard InChI is InChI=1S/C19H31NO/c1-18(2,20)14-15-21-19(12-8-3-4-9-13-19)16-17-10-6-5-7-11-17/h5-7,10-11H,3-4,8-9,12-16,20H2,1-2H3. The van der Waals surface area contributed by atoms with Gasteiger partial charge in [-0.15, -0.1) is 0 Å². The van der Waals surface area contributed by atoms with E-state index >= 15 is 0 Å². The Bertz CT molecular complexity index is 399. The van der Waals surface area contributed by atoms with Gasteiger partial charge < -0.3 is 10.5 Å². The fourth-order valence-corrected chi connectivity index (χ4v) is 3.24. The first-order valence-electron chi connectivity index (χ1n) is 8.46. The van der Waals surface area contributed by atoms with Gasteiger partial charge in [-0.1, -0.05) is 56.0 Å². The van der Waals surface area contributed by atoms with E-state index < -0.39 is 0 Å². The molecule has 2 heteroatoms. The lowest BCUT2D eigenvalue weighted by Crippen LogP contribution is -2.39. The maximum Gasteiger partial charge on any atom is 0.0722 e. The summed E-state index contributed by atoms with van der Waals surface area (Å²) in [6, 6.07) is 10.8. The first-order valence-corrected chi connectivity index (χ1v) is 8.46. The quantitative estimate of drug-likeness (QED) is 0.784. The zero-order chi connectivity index (χ0) is 15.2. The highest BCUT2D eigenvalue weighted by atomic mass is 16.5. The van der Waals surface area contributed by atoms with Gasteiger partial charge in [-0.05, 0) is 38.7 Å². The number of hydrogen-bond acceptors (Lipinski definition) is 2. The van der Waals surface area contributed by atoms with E-state index in [1.165, 1.54) is 44.1 Å². The van der Waals surface area contributed by atoms with Gasteiger partial charge in [0.25, 0.3) is 0 Å².